The van der Waals surface area contributed by atoms with Crippen LogP contribution in [0.2, 0.25) is 0 Å². The lowest BCUT2D eigenvalue weighted by atomic mass is 9.95. The van der Waals surface area contributed by atoms with Gasteiger partial charge in [0.1, 0.15) is 17.4 Å². The molecular formula is C20H21N3O2. The molecule has 0 saturated heterocycles. The van der Waals surface area contributed by atoms with Gasteiger partial charge in [-0.3, -0.25) is 4.79 Å². The number of nitriles is 1. The minimum absolute atomic E-state index is 0.101. The standard InChI is InChI=1S/C20H21N3O2/c21-14-15(20(25)22-16-5-2-1-3-6-16)13-18-7-4-12-23(18)17-8-10-19(24)11-9-17/h4,7-13,16,24H,1-3,5-6H2,(H,22,25)/b15-13+. The molecule has 0 radical (unpaired) electrons. The van der Waals surface area contributed by atoms with Crippen molar-refractivity contribution < 1.29 is 9.90 Å². The first-order valence-electron chi connectivity index (χ1n) is 8.57. The quantitative estimate of drug-likeness (QED) is 0.662. The summed E-state index contributed by atoms with van der Waals surface area (Å²) < 4.78 is 1.87. The fourth-order valence-electron chi connectivity index (χ4n) is 3.17. The Morgan fingerprint density at radius 1 is 1.20 bits per heavy atom. The van der Waals surface area contributed by atoms with Gasteiger partial charge in [-0.25, -0.2) is 0 Å². The molecular weight excluding hydrogens is 314 g/mol. The molecule has 1 aliphatic rings. The third kappa shape index (κ3) is 4.10. The molecule has 5 nitrogen and oxygen atoms in total. The zero-order valence-corrected chi connectivity index (χ0v) is 14.0. The molecule has 0 spiro atoms. The van der Waals surface area contributed by atoms with Crippen molar-refractivity contribution in [3.05, 3.63) is 53.9 Å². The lowest BCUT2D eigenvalue weighted by Gasteiger charge is -2.22. The number of hydrogen-bond acceptors (Lipinski definition) is 3. The highest BCUT2D eigenvalue weighted by Crippen LogP contribution is 2.20. The average Bonchev–Trinajstić information content (AvgIpc) is 3.09. The number of nitrogens with zero attached hydrogens (tertiary/aromatic N) is 2. The highest BCUT2D eigenvalue weighted by atomic mass is 16.3. The molecule has 128 valence electrons. The summed E-state index contributed by atoms with van der Waals surface area (Å²) >= 11 is 0. The van der Waals surface area contributed by atoms with E-state index in [4.69, 9.17) is 0 Å². The van der Waals surface area contributed by atoms with Crippen molar-refractivity contribution in [2.45, 2.75) is 38.1 Å². The predicted molar refractivity (Wildman–Crippen MR) is 96.0 cm³/mol. The summed E-state index contributed by atoms with van der Waals surface area (Å²) in [7, 11) is 0. The number of carbonyl (C=O) groups is 1. The van der Waals surface area contributed by atoms with Gasteiger partial charge in [0.2, 0.25) is 0 Å². The maximum absolute atomic E-state index is 12.4. The molecule has 0 bridgehead atoms. The van der Waals surface area contributed by atoms with Crippen LogP contribution in [0.5, 0.6) is 5.75 Å². The topological polar surface area (TPSA) is 78.1 Å². The molecule has 1 fully saturated rings. The van der Waals surface area contributed by atoms with E-state index in [1.165, 1.54) is 6.42 Å². The van der Waals surface area contributed by atoms with Gasteiger partial charge < -0.3 is 15.0 Å². The number of nitrogens with one attached hydrogen (secondary N) is 1. The van der Waals surface area contributed by atoms with E-state index in [9.17, 15) is 15.2 Å². The molecule has 25 heavy (non-hydrogen) atoms. The molecule has 1 aromatic carbocycles. The number of phenols is 1. The summed E-state index contributed by atoms with van der Waals surface area (Å²) in [5, 5.41) is 21.8. The van der Waals surface area contributed by atoms with Crippen LogP contribution in [0.3, 0.4) is 0 Å². The van der Waals surface area contributed by atoms with Gasteiger partial charge in [0.15, 0.2) is 0 Å². The molecule has 3 rings (SSSR count). The van der Waals surface area contributed by atoms with Gasteiger partial charge in [-0.05, 0) is 55.3 Å². The van der Waals surface area contributed by atoms with Crippen LogP contribution in [0.1, 0.15) is 37.8 Å². The van der Waals surface area contributed by atoms with Crippen LogP contribution in [0, 0.1) is 11.3 Å². The van der Waals surface area contributed by atoms with Gasteiger partial charge in [-0.1, -0.05) is 19.3 Å². The largest absolute Gasteiger partial charge is 0.508 e. The second kappa shape index (κ2) is 7.71. The second-order valence-electron chi connectivity index (χ2n) is 6.30. The molecule has 0 unspecified atom stereocenters. The molecule has 1 heterocycles. The van der Waals surface area contributed by atoms with Gasteiger partial charge in [-0.15, -0.1) is 0 Å². The van der Waals surface area contributed by atoms with E-state index >= 15 is 0 Å². The molecule has 0 atom stereocenters. The first-order valence-corrected chi connectivity index (χ1v) is 8.57. The van der Waals surface area contributed by atoms with Crippen LogP contribution in [0.25, 0.3) is 11.8 Å². The smallest absolute Gasteiger partial charge is 0.262 e. The monoisotopic (exact) mass is 335 g/mol. The van der Waals surface area contributed by atoms with E-state index in [2.05, 4.69) is 5.32 Å². The normalized spacial score (nSPS) is 15.6. The average molecular weight is 335 g/mol. The van der Waals surface area contributed by atoms with Gasteiger partial charge >= 0.3 is 0 Å². The highest BCUT2D eigenvalue weighted by Gasteiger charge is 2.18. The number of carbonyl (C=O) groups excluding carboxylic acids is 1. The lowest BCUT2D eigenvalue weighted by molar-refractivity contribution is -0.117. The molecule has 2 N–H and O–H groups in total. The Hall–Kier alpha value is -3.00. The minimum Gasteiger partial charge on any atom is -0.508 e. The summed E-state index contributed by atoms with van der Waals surface area (Å²) in [5.41, 5.74) is 1.68. The molecule has 1 aromatic heterocycles. The molecule has 1 saturated carbocycles. The number of phenolic OH excluding ortho intramolecular Hbond substituents is 1. The minimum atomic E-state index is -0.312. The first-order chi connectivity index (χ1) is 12.2. The SMILES string of the molecule is N#C/C(=C\c1cccn1-c1ccc(O)cc1)C(=O)NC1CCCCC1. The van der Waals surface area contributed by atoms with Crippen molar-refractivity contribution in [2.75, 3.05) is 0 Å². The van der Waals surface area contributed by atoms with Crippen LogP contribution in [-0.2, 0) is 4.79 Å². The van der Waals surface area contributed by atoms with Gasteiger partial charge in [0.25, 0.3) is 5.91 Å². The summed E-state index contributed by atoms with van der Waals surface area (Å²) in [4.78, 5) is 12.4. The van der Waals surface area contributed by atoms with Gasteiger partial charge in [-0.2, -0.15) is 5.26 Å². The van der Waals surface area contributed by atoms with E-state index in [1.807, 2.05) is 29.0 Å². The fourth-order valence-corrected chi connectivity index (χ4v) is 3.17. The summed E-state index contributed by atoms with van der Waals surface area (Å²) in [6.07, 6.45) is 8.88. The van der Waals surface area contributed by atoms with Gasteiger partial charge in [0.05, 0.1) is 0 Å². The number of amides is 1. The molecule has 1 aliphatic carbocycles. The van der Waals surface area contributed by atoms with Crippen molar-refractivity contribution in [3.8, 4) is 17.5 Å². The molecule has 0 aliphatic heterocycles. The Balaban J connectivity index is 1.81. The van der Waals surface area contributed by atoms with Crippen LogP contribution in [-0.4, -0.2) is 21.6 Å². The number of aromatic nitrogens is 1. The van der Waals surface area contributed by atoms with Crippen molar-refractivity contribution in [3.63, 3.8) is 0 Å². The highest BCUT2D eigenvalue weighted by molar-refractivity contribution is 6.01. The number of hydrogen-bond donors (Lipinski definition) is 2. The van der Waals surface area contributed by atoms with E-state index in [0.717, 1.165) is 37.1 Å². The number of rotatable bonds is 4. The fraction of sp³-hybridized carbons (Fsp3) is 0.300. The summed E-state index contributed by atoms with van der Waals surface area (Å²) in [6.45, 7) is 0. The van der Waals surface area contributed by atoms with Crippen molar-refractivity contribution in [1.29, 1.82) is 5.26 Å². The van der Waals surface area contributed by atoms with E-state index in [-0.39, 0.29) is 23.3 Å². The van der Waals surface area contributed by atoms with Crippen molar-refractivity contribution in [2.24, 2.45) is 0 Å². The predicted octanol–water partition coefficient (Wildman–Crippen LogP) is 3.54. The Labute approximate surface area is 147 Å². The van der Waals surface area contributed by atoms with E-state index in [1.54, 1.807) is 30.3 Å². The van der Waals surface area contributed by atoms with Crippen molar-refractivity contribution >= 4 is 12.0 Å². The van der Waals surface area contributed by atoms with Gasteiger partial charge in [0, 0.05) is 23.6 Å². The van der Waals surface area contributed by atoms with Crippen LogP contribution >= 0.6 is 0 Å². The number of aromatic hydroxyl groups is 1. The molecule has 2 aromatic rings. The Morgan fingerprint density at radius 2 is 1.92 bits per heavy atom. The molecule has 1 amide bonds. The Kier molecular flexibility index (Phi) is 5.20. The first kappa shape index (κ1) is 16.8. The van der Waals surface area contributed by atoms with Crippen molar-refractivity contribution in [1.82, 2.24) is 9.88 Å². The van der Waals surface area contributed by atoms with E-state index in [0.29, 0.717) is 0 Å². The zero-order chi connectivity index (χ0) is 17.6. The third-order valence-corrected chi connectivity index (χ3v) is 4.51. The summed E-state index contributed by atoms with van der Waals surface area (Å²) in [5.74, 6) is -0.120. The maximum Gasteiger partial charge on any atom is 0.262 e. The van der Waals surface area contributed by atoms with Crippen LogP contribution in [0.15, 0.2) is 48.2 Å². The Bertz CT molecular complexity index is 806. The number of benzene rings is 1. The Morgan fingerprint density at radius 3 is 2.60 bits per heavy atom. The summed E-state index contributed by atoms with van der Waals surface area (Å²) in [6, 6.07) is 12.6. The second-order valence-corrected chi connectivity index (χ2v) is 6.30. The third-order valence-electron chi connectivity index (χ3n) is 4.51. The molecule has 5 heteroatoms. The van der Waals surface area contributed by atoms with E-state index < -0.39 is 0 Å². The lowest BCUT2D eigenvalue weighted by Crippen LogP contribution is -2.36. The van der Waals surface area contributed by atoms with Crippen LogP contribution < -0.4 is 5.32 Å². The zero-order valence-electron chi connectivity index (χ0n) is 14.0. The van der Waals surface area contributed by atoms with Crippen LogP contribution in [0.4, 0.5) is 0 Å². The maximum atomic E-state index is 12.4.